The Bertz CT molecular complexity index is 553. The molecule has 9 heteroatoms. The van der Waals surface area contributed by atoms with Crippen LogP contribution in [0.15, 0.2) is 18.2 Å². The van der Waals surface area contributed by atoms with Crippen LogP contribution in [-0.2, 0) is 14.3 Å². The van der Waals surface area contributed by atoms with Crippen molar-refractivity contribution >= 4 is 11.9 Å². The van der Waals surface area contributed by atoms with Crippen molar-refractivity contribution in [3.05, 3.63) is 23.8 Å². The summed E-state index contributed by atoms with van der Waals surface area (Å²) < 4.78 is 43.7. The van der Waals surface area contributed by atoms with E-state index >= 15 is 0 Å². The van der Waals surface area contributed by atoms with Crippen LogP contribution in [0.2, 0.25) is 0 Å². The van der Waals surface area contributed by atoms with Gasteiger partial charge in [-0.25, -0.2) is 4.79 Å². The third-order valence-corrected chi connectivity index (χ3v) is 2.66. The Morgan fingerprint density at radius 2 is 2.00 bits per heavy atom. The molecule has 0 saturated carbocycles. The van der Waals surface area contributed by atoms with Crippen LogP contribution in [0, 0.1) is 0 Å². The molecule has 0 spiro atoms. The van der Waals surface area contributed by atoms with E-state index in [9.17, 15) is 18.4 Å². The quantitative estimate of drug-likeness (QED) is 0.511. The van der Waals surface area contributed by atoms with Gasteiger partial charge in [0.05, 0.1) is 18.8 Å². The van der Waals surface area contributed by atoms with E-state index in [1.165, 1.54) is 25.3 Å². The smallest absolute Gasteiger partial charge is 0.387 e. The lowest BCUT2D eigenvalue weighted by Crippen LogP contribution is -2.31. The van der Waals surface area contributed by atoms with Crippen molar-refractivity contribution in [3.63, 3.8) is 0 Å². The molecule has 1 aromatic rings. The van der Waals surface area contributed by atoms with Gasteiger partial charge in [0.2, 0.25) is 0 Å². The third kappa shape index (κ3) is 6.78. The number of alkyl halides is 2. The van der Waals surface area contributed by atoms with E-state index in [0.29, 0.717) is 13.2 Å². The summed E-state index contributed by atoms with van der Waals surface area (Å²) in [6.07, 6.45) is 0. The van der Waals surface area contributed by atoms with Gasteiger partial charge in [0.1, 0.15) is 0 Å². The Kier molecular flexibility index (Phi) is 8.48. The minimum atomic E-state index is -3.02. The van der Waals surface area contributed by atoms with Crippen LogP contribution in [0.1, 0.15) is 17.3 Å². The zero-order chi connectivity index (χ0) is 17.9. The van der Waals surface area contributed by atoms with Gasteiger partial charge in [-0.3, -0.25) is 4.79 Å². The average molecular weight is 347 g/mol. The number of halogens is 2. The first-order valence-corrected chi connectivity index (χ1v) is 7.12. The first kappa shape index (κ1) is 19.6. The molecule has 0 saturated heterocycles. The fourth-order valence-corrected chi connectivity index (χ4v) is 1.65. The van der Waals surface area contributed by atoms with Crippen molar-refractivity contribution in [1.82, 2.24) is 5.32 Å². The molecule has 0 bridgehead atoms. The van der Waals surface area contributed by atoms with Gasteiger partial charge in [-0.2, -0.15) is 8.78 Å². The molecule has 0 aliphatic rings. The third-order valence-electron chi connectivity index (χ3n) is 2.66. The van der Waals surface area contributed by atoms with Crippen LogP contribution in [0.3, 0.4) is 0 Å². The zero-order valence-corrected chi connectivity index (χ0v) is 13.3. The summed E-state index contributed by atoms with van der Waals surface area (Å²) in [5, 5.41) is 2.48. The van der Waals surface area contributed by atoms with E-state index in [1.807, 2.05) is 0 Å². The number of amides is 1. The van der Waals surface area contributed by atoms with Crippen molar-refractivity contribution in [2.24, 2.45) is 0 Å². The molecule has 0 unspecified atom stereocenters. The topological polar surface area (TPSA) is 83.1 Å². The summed E-state index contributed by atoms with van der Waals surface area (Å²) in [5.41, 5.74) is 0.0461. The molecule has 0 aromatic heterocycles. The largest absolute Gasteiger partial charge is 0.490 e. The van der Waals surface area contributed by atoms with Gasteiger partial charge < -0.3 is 24.3 Å². The van der Waals surface area contributed by atoms with E-state index in [2.05, 4.69) is 10.1 Å². The number of carbonyl (C=O) groups is 2. The van der Waals surface area contributed by atoms with Gasteiger partial charge in [0.15, 0.2) is 18.1 Å². The van der Waals surface area contributed by atoms with Crippen LogP contribution in [0.25, 0.3) is 0 Å². The molecule has 0 heterocycles. The molecule has 1 aromatic carbocycles. The maximum atomic E-state index is 12.3. The van der Waals surface area contributed by atoms with Gasteiger partial charge >= 0.3 is 12.6 Å². The molecular formula is C15H19F2NO6. The van der Waals surface area contributed by atoms with Gasteiger partial charge in [0, 0.05) is 13.7 Å². The Morgan fingerprint density at radius 1 is 1.25 bits per heavy atom. The molecule has 1 rings (SSSR count). The predicted octanol–water partition coefficient (Wildman–Crippen LogP) is 1.61. The Balaban J connectivity index is 2.66. The second-order valence-corrected chi connectivity index (χ2v) is 4.39. The standard InChI is InChI=1S/C15H19F2NO6/c1-3-22-12-8-10(4-5-11(12)24-15(16)17)14(20)23-9-13(19)18-6-7-21-2/h4-5,8,15H,3,6-7,9H2,1-2H3,(H,18,19). The van der Waals surface area contributed by atoms with Gasteiger partial charge in [-0.1, -0.05) is 0 Å². The lowest BCUT2D eigenvalue weighted by atomic mass is 10.2. The van der Waals surface area contributed by atoms with Crippen LogP contribution >= 0.6 is 0 Å². The van der Waals surface area contributed by atoms with Crippen molar-refractivity contribution in [3.8, 4) is 11.5 Å². The monoisotopic (exact) mass is 347 g/mol. The molecule has 1 N–H and O–H groups in total. The number of benzene rings is 1. The number of ether oxygens (including phenoxy) is 4. The van der Waals surface area contributed by atoms with Crippen molar-refractivity contribution in [2.45, 2.75) is 13.5 Å². The van der Waals surface area contributed by atoms with Crippen molar-refractivity contribution < 1.29 is 37.3 Å². The highest BCUT2D eigenvalue weighted by atomic mass is 19.3. The van der Waals surface area contributed by atoms with Gasteiger partial charge in [0.25, 0.3) is 5.91 Å². The Morgan fingerprint density at radius 3 is 2.62 bits per heavy atom. The highest BCUT2D eigenvalue weighted by molar-refractivity contribution is 5.92. The highest BCUT2D eigenvalue weighted by Gasteiger charge is 2.16. The lowest BCUT2D eigenvalue weighted by Gasteiger charge is -2.12. The Labute approximate surface area is 137 Å². The van der Waals surface area contributed by atoms with E-state index in [4.69, 9.17) is 14.2 Å². The van der Waals surface area contributed by atoms with Gasteiger partial charge in [-0.05, 0) is 25.1 Å². The fraction of sp³-hybridized carbons (Fsp3) is 0.467. The summed E-state index contributed by atoms with van der Waals surface area (Å²) >= 11 is 0. The molecule has 134 valence electrons. The first-order valence-electron chi connectivity index (χ1n) is 7.12. The Hall–Kier alpha value is -2.42. The molecule has 24 heavy (non-hydrogen) atoms. The summed E-state index contributed by atoms with van der Waals surface area (Å²) in [6.45, 7) is -1.01. The van der Waals surface area contributed by atoms with Crippen LogP contribution in [0.5, 0.6) is 11.5 Å². The number of esters is 1. The summed E-state index contributed by atoms with van der Waals surface area (Å²) in [5.74, 6) is -1.48. The molecule has 0 fully saturated rings. The summed E-state index contributed by atoms with van der Waals surface area (Å²) in [7, 11) is 1.49. The zero-order valence-electron chi connectivity index (χ0n) is 13.3. The van der Waals surface area contributed by atoms with E-state index in [0.717, 1.165) is 0 Å². The number of nitrogens with one attached hydrogen (secondary N) is 1. The second-order valence-electron chi connectivity index (χ2n) is 4.39. The first-order chi connectivity index (χ1) is 11.5. The normalized spacial score (nSPS) is 10.4. The van der Waals surface area contributed by atoms with Crippen LogP contribution < -0.4 is 14.8 Å². The van der Waals surface area contributed by atoms with Gasteiger partial charge in [-0.15, -0.1) is 0 Å². The number of methoxy groups -OCH3 is 1. The number of hydrogen-bond acceptors (Lipinski definition) is 6. The van der Waals surface area contributed by atoms with E-state index < -0.39 is 25.1 Å². The molecule has 7 nitrogen and oxygen atoms in total. The maximum absolute atomic E-state index is 12.3. The average Bonchev–Trinajstić information content (AvgIpc) is 2.54. The predicted molar refractivity (Wildman–Crippen MR) is 79.4 cm³/mol. The number of rotatable bonds is 10. The molecular weight excluding hydrogens is 328 g/mol. The molecule has 0 atom stereocenters. The molecule has 0 radical (unpaired) electrons. The SMILES string of the molecule is CCOc1cc(C(=O)OCC(=O)NCCOC)ccc1OC(F)F. The minimum Gasteiger partial charge on any atom is -0.490 e. The molecule has 1 amide bonds. The summed E-state index contributed by atoms with van der Waals surface area (Å²) in [4.78, 5) is 23.3. The molecule has 0 aliphatic carbocycles. The fourth-order valence-electron chi connectivity index (χ4n) is 1.65. The van der Waals surface area contributed by atoms with E-state index in [1.54, 1.807) is 6.92 Å². The highest BCUT2D eigenvalue weighted by Crippen LogP contribution is 2.30. The van der Waals surface area contributed by atoms with Crippen molar-refractivity contribution in [2.75, 3.05) is 33.5 Å². The molecule has 0 aliphatic heterocycles. The minimum absolute atomic E-state index is 0.0169. The maximum Gasteiger partial charge on any atom is 0.387 e. The summed E-state index contributed by atoms with van der Waals surface area (Å²) in [6, 6.07) is 3.63. The number of hydrogen-bond donors (Lipinski definition) is 1. The second kappa shape index (κ2) is 10.4. The van der Waals surface area contributed by atoms with E-state index in [-0.39, 0.29) is 23.7 Å². The van der Waals surface area contributed by atoms with Crippen LogP contribution in [-0.4, -0.2) is 52.0 Å². The number of carbonyl (C=O) groups excluding carboxylic acids is 2. The van der Waals surface area contributed by atoms with Crippen molar-refractivity contribution in [1.29, 1.82) is 0 Å². The lowest BCUT2D eigenvalue weighted by molar-refractivity contribution is -0.124. The van der Waals surface area contributed by atoms with Crippen LogP contribution in [0.4, 0.5) is 8.78 Å².